The van der Waals surface area contributed by atoms with Crippen LogP contribution in [0.25, 0.3) is 0 Å². The van der Waals surface area contributed by atoms with Crippen LogP contribution in [-0.2, 0) is 17.8 Å². The maximum Gasteiger partial charge on any atom is 0.217 e. The van der Waals surface area contributed by atoms with E-state index in [9.17, 15) is 9.59 Å². The Balaban J connectivity index is 1.80. The van der Waals surface area contributed by atoms with Crippen LogP contribution >= 0.6 is 11.8 Å². The number of amides is 1. The van der Waals surface area contributed by atoms with Crippen LogP contribution in [0.5, 0.6) is 0 Å². The number of rotatable bonds is 9. The Hall–Kier alpha value is -2.87. The molecule has 2 aromatic heterocycles. The molecule has 0 bridgehead atoms. The minimum Gasteiger partial charge on any atom is -0.467 e. The van der Waals surface area contributed by atoms with Crippen molar-refractivity contribution < 1.29 is 14.0 Å². The standard InChI is InChI=1S/C20H22N4O3S/c1-13-5-7-15(8-6-13)19(26)14(2)28-20-23-22-18(10-9-17(21)25)24(20)12-16-4-3-11-27-16/h3-8,11,14H,9-10,12H2,1-2H3,(H2,21,25). The van der Waals surface area contributed by atoms with E-state index in [-0.39, 0.29) is 17.5 Å². The number of nitrogens with two attached hydrogens (primary N) is 1. The molecular weight excluding hydrogens is 376 g/mol. The molecular formula is C20H22N4O3S. The topological polar surface area (TPSA) is 104 Å². The molecule has 28 heavy (non-hydrogen) atoms. The molecule has 1 atom stereocenters. The van der Waals surface area contributed by atoms with Crippen molar-refractivity contribution in [2.24, 2.45) is 5.73 Å². The number of carbonyl (C=O) groups is 2. The summed E-state index contributed by atoms with van der Waals surface area (Å²) in [6, 6.07) is 11.2. The summed E-state index contributed by atoms with van der Waals surface area (Å²) in [7, 11) is 0. The van der Waals surface area contributed by atoms with E-state index in [0.29, 0.717) is 29.5 Å². The highest BCUT2D eigenvalue weighted by Crippen LogP contribution is 2.26. The molecule has 2 N–H and O–H groups in total. The van der Waals surface area contributed by atoms with E-state index >= 15 is 0 Å². The van der Waals surface area contributed by atoms with Gasteiger partial charge in [0.25, 0.3) is 0 Å². The maximum absolute atomic E-state index is 12.8. The van der Waals surface area contributed by atoms with E-state index in [2.05, 4.69) is 10.2 Å². The van der Waals surface area contributed by atoms with Crippen molar-refractivity contribution in [3.05, 3.63) is 65.4 Å². The first-order chi connectivity index (χ1) is 13.4. The van der Waals surface area contributed by atoms with E-state index in [1.165, 1.54) is 11.8 Å². The van der Waals surface area contributed by atoms with Crippen LogP contribution in [0.3, 0.4) is 0 Å². The molecule has 146 valence electrons. The molecule has 3 aromatic rings. The summed E-state index contributed by atoms with van der Waals surface area (Å²) in [4.78, 5) is 23.9. The van der Waals surface area contributed by atoms with Gasteiger partial charge in [0.05, 0.1) is 18.1 Å². The Bertz CT molecular complexity index is 949. The summed E-state index contributed by atoms with van der Waals surface area (Å²) in [5.74, 6) is 0.994. The Morgan fingerprint density at radius 3 is 2.61 bits per heavy atom. The summed E-state index contributed by atoms with van der Waals surface area (Å²) in [5.41, 5.74) is 7.03. The summed E-state index contributed by atoms with van der Waals surface area (Å²) < 4.78 is 7.30. The van der Waals surface area contributed by atoms with E-state index in [4.69, 9.17) is 10.2 Å². The lowest BCUT2D eigenvalue weighted by atomic mass is 10.1. The van der Waals surface area contributed by atoms with E-state index < -0.39 is 5.91 Å². The largest absolute Gasteiger partial charge is 0.467 e. The second kappa shape index (κ2) is 8.88. The van der Waals surface area contributed by atoms with Crippen LogP contribution in [0.1, 0.15) is 40.9 Å². The molecule has 0 saturated carbocycles. The molecule has 0 saturated heterocycles. The summed E-state index contributed by atoms with van der Waals surface area (Å²) in [6.45, 7) is 4.25. The van der Waals surface area contributed by atoms with Gasteiger partial charge in [-0.1, -0.05) is 41.6 Å². The van der Waals surface area contributed by atoms with E-state index in [1.54, 1.807) is 12.3 Å². The molecule has 8 heteroatoms. The fourth-order valence-electron chi connectivity index (χ4n) is 2.71. The minimum atomic E-state index is -0.398. The second-order valence-corrected chi connectivity index (χ2v) is 7.83. The third-order valence-corrected chi connectivity index (χ3v) is 5.35. The SMILES string of the molecule is Cc1ccc(C(=O)C(C)Sc2nnc(CCC(N)=O)n2Cc2ccco2)cc1. The molecule has 2 heterocycles. The van der Waals surface area contributed by atoms with Crippen molar-refractivity contribution in [1.29, 1.82) is 0 Å². The lowest BCUT2D eigenvalue weighted by Crippen LogP contribution is -2.16. The molecule has 0 radical (unpaired) electrons. The van der Waals surface area contributed by atoms with Crippen molar-refractivity contribution in [3.8, 4) is 0 Å². The first kappa shape index (κ1) is 19.9. The van der Waals surface area contributed by atoms with Crippen LogP contribution < -0.4 is 5.73 Å². The predicted octanol–water partition coefficient (Wildman–Crippen LogP) is 3.01. The van der Waals surface area contributed by atoms with Gasteiger partial charge in [-0.15, -0.1) is 10.2 Å². The highest BCUT2D eigenvalue weighted by atomic mass is 32.2. The van der Waals surface area contributed by atoms with Gasteiger partial charge in [0, 0.05) is 18.4 Å². The first-order valence-corrected chi connectivity index (χ1v) is 9.82. The van der Waals surface area contributed by atoms with Crippen LogP contribution in [0, 0.1) is 6.92 Å². The molecule has 1 unspecified atom stereocenters. The Labute approximate surface area is 167 Å². The molecule has 0 spiro atoms. The number of furan rings is 1. The van der Waals surface area contributed by atoms with Crippen molar-refractivity contribution in [1.82, 2.24) is 14.8 Å². The molecule has 3 rings (SSSR count). The average Bonchev–Trinajstić information content (AvgIpc) is 3.31. The third-order valence-electron chi connectivity index (χ3n) is 4.27. The van der Waals surface area contributed by atoms with E-state index in [1.807, 2.05) is 48.7 Å². The molecule has 0 aliphatic carbocycles. The van der Waals surface area contributed by atoms with Gasteiger partial charge >= 0.3 is 0 Å². The lowest BCUT2D eigenvalue weighted by molar-refractivity contribution is -0.118. The van der Waals surface area contributed by atoms with Gasteiger partial charge in [0.2, 0.25) is 5.91 Å². The average molecular weight is 398 g/mol. The van der Waals surface area contributed by atoms with Gasteiger partial charge in [0.1, 0.15) is 11.6 Å². The van der Waals surface area contributed by atoms with Crippen LogP contribution in [0.15, 0.2) is 52.2 Å². The third kappa shape index (κ3) is 4.89. The van der Waals surface area contributed by atoms with Gasteiger partial charge in [-0.25, -0.2) is 0 Å². The summed E-state index contributed by atoms with van der Waals surface area (Å²) >= 11 is 1.34. The Morgan fingerprint density at radius 2 is 1.96 bits per heavy atom. The lowest BCUT2D eigenvalue weighted by Gasteiger charge is -2.12. The highest BCUT2D eigenvalue weighted by Gasteiger charge is 2.22. The normalized spacial score (nSPS) is 12.1. The number of hydrogen-bond donors (Lipinski definition) is 1. The van der Waals surface area contributed by atoms with Gasteiger partial charge < -0.3 is 10.2 Å². The molecule has 1 aromatic carbocycles. The fourth-order valence-corrected chi connectivity index (χ4v) is 3.65. The van der Waals surface area contributed by atoms with Gasteiger partial charge in [-0.3, -0.25) is 14.2 Å². The number of primary amides is 1. The summed E-state index contributed by atoms with van der Waals surface area (Å²) in [5, 5.41) is 8.69. The predicted molar refractivity (Wildman–Crippen MR) is 106 cm³/mol. The molecule has 7 nitrogen and oxygen atoms in total. The molecule has 0 fully saturated rings. The zero-order valence-electron chi connectivity index (χ0n) is 15.8. The van der Waals surface area contributed by atoms with Crippen molar-refractivity contribution >= 4 is 23.5 Å². The number of benzene rings is 1. The molecule has 0 aliphatic heterocycles. The zero-order chi connectivity index (χ0) is 20.1. The minimum absolute atomic E-state index is 0.0243. The highest BCUT2D eigenvalue weighted by molar-refractivity contribution is 8.00. The quantitative estimate of drug-likeness (QED) is 0.439. The van der Waals surface area contributed by atoms with Crippen molar-refractivity contribution in [3.63, 3.8) is 0 Å². The number of nitrogens with zero attached hydrogens (tertiary/aromatic N) is 3. The first-order valence-electron chi connectivity index (χ1n) is 8.94. The van der Waals surface area contributed by atoms with Gasteiger partial charge in [0.15, 0.2) is 10.9 Å². The monoisotopic (exact) mass is 398 g/mol. The number of Topliss-reactive ketones (excluding diaryl/α,β-unsaturated/α-hetero) is 1. The Morgan fingerprint density at radius 1 is 1.21 bits per heavy atom. The van der Waals surface area contributed by atoms with E-state index in [0.717, 1.165) is 11.3 Å². The Kier molecular flexibility index (Phi) is 6.30. The van der Waals surface area contributed by atoms with Gasteiger partial charge in [-0.2, -0.15) is 0 Å². The number of carbonyl (C=O) groups excluding carboxylic acids is 2. The fraction of sp³-hybridized carbons (Fsp3) is 0.300. The summed E-state index contributed by atoms with van der Waals surface area (Å²) in [6.07, 6.45) is 2.15. The molecule has 0 aliphatic rings. The van der Waals surface area contributed by atoms with Crippen LogP contribution in [-0.4, -0.2) is 31.7 Å². The zero-order valence-corrected chi connectivity index (χ0v) is 16.6. The van der Waals surface area contributed by atoms with Crippen LogP contribution in [0.4, 0.5) is 0 Å². The number of thioether (sulfide) groups is 1. The smallest absolute Gasteiger partial charge is 0.217 e. The molecule has 1 amide bonds. The number of ketones is 1. The van der Waals surface area contributed by atoms with Crippen molar-refractivity contribution in [2.75, 3.05) is 0 Å². The number of aryl methyl sites for hydroxylation is 2. The number of hydrogen-bond acceptors (Lipinski definition) is 6. The van der Waals surface area contributed by atoms with Gasteiger partial charge in [-0.05, 0) is 26.0 Å². The van der Waals surface area contributed by atoms with Crippen molar-refractivity contribution in [2.45, 2.75) is 43.6 Å². The van der Waals surface area contributed by atoms with Crippen LogP contribution in [0.2, 0.25) is 0 Å². The second-order valence-electron chi connectivity index (χ2n) is 6.52. The number of aromatic nitrogens is 3. The maximum atomic E-state index is 12.8.